The van der Waals surface area contributed by atoms with E-state index < -0.39 is 11.4 Å². The summed E-state index contributed by atoms with van der Waals surface area (Å²) in [6.07, 6.45) is 2.81. The second-order valence-electron chi connectivity index (χ2n) is 9.31. The van der Waals surface area contributed by atoms with E-state index in [2.05, 4.69) is 49.5 Å². The maximum atomic E-state index is 11.3. The lowest BCUT2D eigenvalue weighted by molar-refractivity contribution is -0.147. The summed E-state index contributed by atoms with van der Waals surface area (Å²) in [5.74, 6) is 0.274. The Balaban J connectivity index is 0. The minimum Gasteiger partial charge on any atom is -0.481 e. The highest BCUT2D eigenvalue weighted by Crippen LogP contribution is 2.18. The molecule has 1 aromatic rings. The van der Waals surface area contributed by atoms with E-state index in [4.69, 9.17) is 5.11 Å². The lowest BCUT2D eigenvalue weighted by Gasteiger charge is -2.22. The molecule has 168 valence electrons. The number of carboxylic acids is 1. The molecule has 2 unspecified atom stereocenters. The molecule has 0 heterocycles. The van der Waals surface area contributed by atoms with Crippen molar-refractivity contribution in [2.75, 3.05) is 0 Å². The fraction of sp³-hybridized carbons (Fsp3) is 0.680. The summed E-state index contributed by atoms with van der Waals surface area (Å²) in [6.45, 7) is 19.7. The molecule has 0 aliphatic heterocycles. The molecule has 1 amide bonds. The van der Waals surface area contributed by atoms with Crippen LogP contribution in [0.15, 0.2) is 30.3 Å². The van der Waals surface area contributed by atoms with E-state index in [1.54, 1.807) is 13.8 Å². The van der Waals surface area contributed by atoms with Crippen molar-refractivity contribution in [1.29, 1.82) is 0 Å². The Labute approximate surface area is 179 Å². The van der Waals surface area contributed by atoms with Crippen LogP contribution in [0.25, 0.3) is 0 Å². The summed E-state index contributed by atoms with van der Waals surface area (Å²) in [6, 6.07) is 10.6. The Morgan fingerprint density at radius 1 is 0.931 bits per heavy atom. The van der Waals surface area contributed by atoms with Crippen molar-refractivity contribution < 1.29 is 14.7 Å². The van der Waals surface area contributed by atoms with Crippen molar-refractivity contribution in [2.45, 2.75) is 100.0 Å². The smallest absolute Gasteiger partial charge is 0.309 e. The van der Waals surface area contributed by atoms with Crippen molar-refractivity contribution in [3.05, 3.63) is 35.9 Å². The molecule has 0 fully saturated rings. The van der Waals surface area contributed by atoms with Crippen LogP contribution in [0, 0.1) is 11.3 Å². The van der Waals surface area contributed by atoms with Crippen LogP contribution in [0.1, 0.15) is 100.0 Å². The van der Waals surface area contributed by atoms with Crippen LogP contribution in [-0.2, 0) is 9.59 Å². The number of carboxylic acid groups (broad SMARTS) is 1. The Kier molecular flexibility index (Phi) is 14.4. The second kappa shape index (κ2) is 14.2. The number of carbonyl (C=O) groups is 2. The van der Waals surface area contributed by atoms with Gasteiger partial charge >= 0.3 is 5.97 Å². The van der Waals surface area contributed by atoms with E-state index in [9.17, 15) is 9.59 Å². The van der Waals surface area contributed by atoms with Gasteiger partial charge in [0.05, 0.1) is 5.41 Å². The second-order valence-corrected chi connectivity index (χ2v) is 9.31. The molecular formula is C25H45NO3. The van der Waals surface area contributed by atoms with E-state index >= 15 is 0 Å². The van der Waals surface area contributed by atoms with Crippen molar-refractivity contribution >= 4 is 11.9 Å². The van der Waals surface area contributed by atoms with Gasteiger partial charge < -0.3 is 10.4 Å². The zero-order valence-electron chi connectivity index (χ0n) is 20.4. The highest BCUT2D eigenvalue weighted by Gasteiger charge is 2.23. The average molecular weight is 408 g/mol. The normalized spacial score (nSPS) is 13.0. The number of nitrogens with one attached hydrogen (secondary N) is 1. The van der Waals surface area contributed by atoms with Crippen LogP contribution >= 0.6 is 0 Å². The number of benzene rings is 1. The molecule has 29 heavy (non-hydrogen) atoms. The van der Waals surface area contributed by atoms with Crippen molar-refractivity contribution in [1.82, 2.24) is 5.32 Å². The Morgan fingerprint density at radius 3 is 1.69 bits per heavy atom. The predicted octanol–water partition coefficient (Wildman–Crippen LogP) is 6.65. The molecule has 2 atom stereocenters. The van der Waals surface area contributed by atoms with Crippen LogP contribution in [0.2, 0.25) is 0 Å². The summed E-state index contributed by atoms with van der Waals surface area (Å²) in [5.41, 5.74) is 0.811. The largest absolute Gasteiger partial charge is 0.481 e. The fourth-order valence-electron chi connectivity index (χ4n) is 1.85. The van der Waals surface area contributed by atoms with Gasteiger partial charge in [-0.2, -0.15) is 0 Å². The van der Waals surface area contributed by atoms with E-state index in [1.165, 1.54) is 12.0 Å². The molecule has 4 nitrogen and oxygen atoms in total. The zero-order valence-corrected chi connectivity index (χ0v) is 20.4. The fourth-order valence-corrected chi connectivity index (χ4v) is 1.85. The number of rotatable bonds is 6. The monoisotopic (exact) mass is 407 g/mol. The number of aliphatic carboxylic acids is 1. The lowest BCUT2D eigenvalue weighted by atomic mass is 9.91. The van der Waals surface area contributed by atoms with Gasteiger partial charge in [0.1, 0.15) is 0 Å². The molecule has 0 spiro atoms. The molecule has 0 aliphatic carbocycles. The molecular weight excluding hydrogens is 362 g/mol. The predicted molar refractivity (Wildman–Crippen MR) is 124 cm³/mol. The van der Waals surface area contributed by atoms with Crippen molar-refractivity contribution in [3.8, 4) is 0 Å². The first-order chi connectivity index (χ1) is 13.2. The number of hydrogen-bond acceptors (Lipinski definition) is 2. The van der Waals surface area contributed by atoms with E-state index in [-0.39, 0.29) is 17.4 Å². The van der Waals surface area contributed by atoms with Crippen LogP contribution in [0.3, 0.4) is 0 Å². The summed E-state index contributed by atoms with van der Waals surface area (Å²) in [4.78, 5) is 21.5. The van der Waals surface area contributed by atoms with Crippen LogP contribution in [0.5, 0.6) is 0 Å². The van der Waals surface area contributed by atoms with Gasteiger partial charge in [-0.15, -0.1) is 0 Å². The molecule has 0 aliphatic rings. The van der Waals surface area contributed by atoms with Crippen LogP contribution in [-0.4, -0.2) is 22.5 Å². The Hall–Kier alpha value is -1.84. The van der Waals surface area contributed by atoms with Gasteiger partial charge in [-0.3, -0.25) is 9.59 Å². The molecule has 0 aromatic heterocycles. The molecule has 2 N–H and O–H groups in total. The van der Waals surface area contributed by atoms with Gasteiger partial charge in [-0.05, 0) is 65.4 Å². The van der Waals surface area contributed by atoms with Gasteiger partial charge in [0.25, 0.3) is 0 Å². The van der Waals surface area contributed by atoms with Gasteiger partial charge in [-0.25, -0.2) is 0 Å². The minimum atomic E-state index is -0.722. The summed E-state index contributed by atoms with van der Waals surface area (Å²) < 4.78 is 0. The Morgan fingerprint density at radius 2 is 1.41 bits per heavy atom. The average Bonchev–Trinajstić information content (AvgIpc) is 2.66. The summed E-state index contributed by atoms with van der Waals surface area (Å²) in [7, 11) is 0. The van der Waals surface area contributed by atoms with Crippen molar-refractivity contribution in [3.63, 3.8) is 0 Å². The number of carbonyl (C=O) groups excluding carboxylic acids is 1. The first-order valence-electron chi connectivity index (χ1n) is 10.8. The highest BCUT2D eigenvalue weighted by molar-refractivity contribution is 5.78. The third-order valence-electron chi connectivity index (χ3n) is 5.00. The first-order valence-corrected chi connectivity index (χ1v) is 10.8. The maximum absolute atomic E-state index is 11.3. The summed E-state index contributed by atoms with van der Waals surface area (Å²) >= 11 is 0. The molecule has 1 rings (SSSR count). The molecule has 4 heteroatoms. The first kappa shape index (κ1) is 29.4. The molecule has 0 radical (unpaired) electrons. The van der Waals surface area contributed by atoms with Crippen LogP contribution in [0.4, 0.5) is 0 Å². The maximum Gasteiger partial charge on any atom is 0.309 e. The molecule has 0 saturated carbocycles. The van der Waals surface area contributed by atoms with Crippen molar-refractivity contribution in [2.24, 2.45) is 11.3 Å². The topological polar surface area (TPSA) is 66.4 Å². The molecule has 1 aromatic carbocycles. The quantitative estimate of drug-likeness (QED) is 0.554. The minimum absolute atomic E-state index is 0.0967. The van der Waals surface area contributed by atoms with E-state index in [0.29, 0.717) is 12.3 Å². The lowest BCUT2D eigenvalue weighted by Crippen LogP contribution is -2.43. The molecule has 0 bridgehead atoms. The highest BCUT2D eigenvalue weighted by atomic mass is 16.4. The third-order valence-corrected chi connectivity index (χ3v) is 5.00. The van der Waals surface area contributed by atoms with Gasteiger partial charge in [0.2, 0.25) is 5.91 Å². The van der Waals surface area contributed by atoms with Gasteiger partial charge in [0.15, 0.2) is 0 Å². The zero-order chi connectivity index (χ0) is 23.3. The standard InChI is InChI=1S/C10H14.C9H19NO.C6H12O2/c1-3-9(2)10-7-5-4-6-8-10;1-6-7(2)8(11)10-9(3,4)5;1-4-6(2,3)5(7)8/h4-9H,3H2,1-2H3;7H,6H2,1-5H3,(H,10,11);4H2,1-3H3,(H,7,8). The van der Waals surface area contributed by atoms with Crippen LogP contribution < -0.4 is 5.32 Å². The summed E-state index contributed by atoms with van der Waals surface area (Å²) in [5, 5.41) is 11.4. The third kappa shape index (κ3) is 14.8. The number of hydrogen-bond donors (Lipinski definition) is 2. The Bertz CT molecular complexity index is 573. The molecule has 0 saturated heterocycles. The number of amides is 1. The van der Waals surface area contributed by atoms with E-state index in [0.717, 1.165) is 6.42 Å². The SMILES string of the molecule is CCC(C)(C)C(=O)O.CCC(C)C(=O)NC(C)(C)C.CCC(C)c1ccccc1. The van der Waals surface area contributed by atoms with Gasteiger partial charge in [-0.1, -0.05) is 65.0 Å². The van der Waals surface area contributed by atoms with Gasteiger partial charge in [0, 0.05) is 11.5 Å². The van der Waals surface area contributed by atoms with E-state index in [1.807, 2.05) is 41.5 Å².